The molecule has 0 aliphatic carbocycles. The van der Waals surface area contributed by atoms with E-state index in [0.717, 1.165) is 16.7 Å². The van der Waals surface area contributed by atoms with E-state index in [1.807, 2.05) is 34.6 Å². The quantitative estimate of drug-likeness (QED) is 0.848. The van der Waals surface area contributed by atoms with Gasteiger partial charge in [-0.05, 0) is 43.4 Å². The Morgan fingerprint density at radius 2 is 1.67 bits per heavy atom. The van der Waals surface area contributed by atoms with Crippen LogP contribution in [0.3, 0.4) is 0 Å². The smallest absolute Gasteiger partial charge is 0.328 e. The summed E-state index contributed by atoms with van der Waals surface area (Å²) in [6.45, 7) is 9.80. The number of hydrogen-bond acceptors (Lipinski definition) is 3. The van der Waals surface area contributed by atoms with Gasteiger partial charge in [-0.2, -0.15) is 0 Å². The summed E-state index contributed by atoms with van der Waals surface area (Å²) in [6, 6.07) is 3.53. The molecule has 0 aliphatic rings. The fourth-order valence-electron chi connectivity index (χ4n) is 2.50. The molecule has 0 bridgehead atoms. The van der Waals surface area contributed by atoms with Crippen LogP contribution >= 0.6 is 0 Å². The van der Waals surface area contributed by atoms with Gasteiger partial charge in [-0.15, -0.1) is 0 Å². The summed E-state index contributed by atoms with van der Waals surface area (Å²) in [7, 11) is 1.33. The Morgan fingerprint density at radius 3 is 2.10 bits per heavy atom. The second kappa shape index (κ2) is 7.25. The topological polar surface area (TPSA) is 55.4 Å². The molecular formula is C17H25NO3. The van der Waals surface area contributed by atoms with Crippen LogP contribution in [0.5, 0.6) is 0 Å². The molecule has 1 N–H and O–H groups in total. The lowest BCUT2D eigenvalue weighted by Crippen LogP contribution is -2.45. The number of benzene rings is 1. The number of rotatable bonds is 5. The molecule has 0 saturated carbocycles. The van der Waals surface area contributed by atoms with Gasteiger partial charge in [0.15, 0.2) is 0 Å². The summed E-state index contributed by atoms with van der Waals surface area (Å²) in [6.07, 6.45) is 0.276. The van der Waals surface area contributed by atoms with Crippen LogP contribution in [-0.2, 0) is 20.7 Å². The Labute approximate surface area is 126 Å². The number of carbonyl (C=O) groups is 2. The number of hydrogen-bond donors (Lipinski definition) is 1. The van der Waals surface area contributed by atoms with Crippen molar-refractivity contribution in [3.8, 4) is 0 Å². The van der Waals surface area contributed by atoms with Crippen LogP contribution < -0.4 is 5.32 Å². The van der Waals surface area contributed by atoms with Gasteiger partial charge in [0.25, 0.3) is 0 Å². The molecule has 0 fully saturated rings. The van der Waals surface area contributed by atoms with Crippen LogP contribution in [0, 0.1) is 26.7 Å². The summed E-state index contributed by atoms with van der Waals surface area (Å²) in [5.41, 5.74) is 4.40. The molecule has 0 spiro atoms. The van der Waals surface area contributed by atoms with E-state index in [4.69, 9.17) is 4.74 Å². The Balaban J connectivity index is 2.84. The van der Waals surface area contributed by atoms with Crippen LogP contribution in [0.4, 0.5) is 0 Å². The van der Waals surface area contributed by atoms with Crippen LogP contribution in [0.25, 0.3) is 0 Å². The lowest BCUT2D eigenvalue weighted by Gasteiger charge is -2.20. The highest BCUT2D eigenvalue weighted by Gasteiger charge is 2.25. The van der Waals surface area contributed by atoms with Crippen LogP contribution in [0.1, 0.15) is 36.1 Å². The minimum atomic E-state index is -0.603. The number of aryl methyl sites for hydroxylation is 3. The normalized spacial score (nSPS) is 12.1. The first-order valence-corrected chi connectivity index (χ1v) is 7.20. The number of methoxy groups -OCH3 is 1. The van der Waals surface area contributed by atoms with Gasteiger partial charge in [0, 0.05) is 0 Å². The third kappa shape index (κ3) is 4.59. The Hall–Kier alpha value is -1.84. The van der Waals surface area contributed by atoms with E-state index in [2.05, 4.69) is 17.4 Å². The molecular weight excluding hydrogens is 266 g/mol. The zero-order valence-corrected chi connectivity index (χ0v) is 13.7. The van der Waals surface area contributed by atoms with E-state index in [0.29, 0.717) is 0 Å². The third-order valence-corrected chi connectivity index (χ3v) is 3.62. The number of ether oxygens (including phenoxy) is 1. The molecule has 4 heteroatoms. The van der Waals surface area contributed by atoms with Crippen molar-refractivity contribution < 1.29 is 14.3 Å². The molecule has 4 nitrogen and oxygen atoms in total. The largest absolute Gasteiger partial charge is 0.467 e. The number of nitrogens with one attached hydrogen (secondary N) is 1. The van der Waals surface area contributed by atoms with Gasteiger partial charge in [-0.25, -0.2) is 4.79 Å². The van der Waals surface area contributed by atoms with Gasteiger partial charge in [0.05, 0.1) is 13.5 Å². The minimum Gasteiger partial charge on any atom is -0.467 e. The van der Waals surface area contributed by atoms with Crippen molar-refractivity contribution in [3.63, 3.8) is 0 Å². The fourth-order valence-corrected chi connectivity index (χ4v) is 2.50. The highest BCUT2D eigenvalue weighted by molar-refractivity contribution is 5.86. The number of amides is 1. The Kier molecular flexibility index (Phi) is 5.94. The first-order valence-electron chi connectivity index (χ1n) is 7.20. The van der Waals surface area contributed by atoms with Gasteiger partial charge in [0.2, 0.25) is 5.91 Å². The van der Waals surface area contributed by atoms with Crippen molar-refractivity contribution in [2.24, 2.45) is 5.92 Å². The van der Waals surface area contributed by atoms with E-state index >= 15 is 0 Å². The maximum Gasteiger partial charge on any atom is 0.328 e. The van der Waals surface area contributed by atoms with E-state index < -0.39 is 12.0 Å². The van der Waals surface area contributed by atoms with Crippen molar-refractivity contribution in [2.45, 2.75) is 47.1 Å². The Morgan fingerprint density at radius 1 is 1.14 bits per heavy atom. The SMILES string of the molecule is COC(=O)C(NC(=O)Cc1c(C)cc(C)cc1C)C(C)C. The van der Waals surface area contributed by atoms with E-state index in [1.165, 1.54) is 12.7 Å². The average Bonchev–Trinajstić information content (AvgIpc) is 2.39. The van der Waals surface area contributed by atoms with Gasteiger partial charge >= 0.3 is 5.97 Å². The maximum atomic E-state index is 12.2. The fraction of sp³-hybridized carbons (Fsp3) is 0.529. The van der Waals surface area contributed by atoms with E-state index in [9.17, 15) is 9.59 Å². The average molecular weight is 291 g/mol. The minimum absolute atomic E-state index is 0.0124. The van der Waals surface area contributed by atoms with Gasteiger partial charge < -0.3 is 10.1 Å². The van der Waals surface area contributed by atoms with Gasteiger partial charge in [-0.3, -0.25) is 4.79 Å². The maximum absolute atomic E-state index is 12.2. The van der Waals surface area contributed by atoms with Crippen molar-refractivity contribution in [1.82, 2.24) is 5.32 Å². The zero-order chi connectivity index (χ0) is 16.2. The van der Waals surface area contributed by atoms with Crippen LogP contribution in [0.15, 0.2) is 12.1 Å². The Bertz CT molecular complexity index is 512. The second-order valence-corrected chi connectivity index (χ2v) is 5.87. The van der Waals surface area contributed by atoms with E-state index in [1.54, 1.807) is 0 Å². The predicted molar refractivity (Wildman–Crippen MR) is 83.1 cm³/mol. The standard InChI is InChI=1S/C17H25NO3/c1-10(2)16(17(20)21-6)18-15(19)9-14-12(4)7-11(3)8-13(14)5/h7-8,10,16H,9H2,1-6H3,(H,18,19). The lowest BCUT2D eigenvalue weighted by atomic mass is 9.96. The van der Waals surface area contributed by atoms with Crippen molar-refractivity contribution in [3.05, 3.63) is 34.4 Å². The number of esters is 1. The van der Waals surface area contributed by atoms with Crippen molar-refractivity contribution in [2.75, 3.05) is 7.11 Å². The summed E-state index contributed by atoms with van der Waals surface area (Å²) in [5.74, 6) is -0.577. The zero-order valence-electron chi connectivity index (χ0n) is 13.7. The molecule has 1 amide bonds. The van der Waals surface area contributed by atoms with E-state index in [-0.39, 0.29) is 18.2 Å². The third-order valence-electron chi connectivity index (χ3n) is 3.62. The molecule has 0 radical (unpaired) electrons. The first kappa shape index (κ1) is 17.2. The summed E-state index contributed by atoms with van der Waals surface area (Å²) >= 11 is 0. The molecule has 0 heterocycles. The van der Waals surface area contributed by atoms with Gasteiger partial charge in [-0.1, -0.05) is 31.5 Å². The molecule has 1 unspecified atom stereocenters. The van der Waals surface area contributed by atoms with Crippen molar-refractivity contribution in [1.29, 1.82) is 0 Å². The van der Waals surface area contributed by atoms with Crippen molar-refractivity contribution >= 4 is 11.9 Å². The molecule has 0 aromatic heterocycles. The predicted octanol–water partition coefficient (Wildman–Crippen LogP) is 2.47. The number of carbonyl (C=O) groups excluding carboxylic acids is 2. The monoisotopic (exact) mass is 291 g/mol. The molecule has 1 atom stereocenters. The summed E-state index contributed by atoms with van der Waals surface area (Å²) < 4.78 is 4.73. The molecule has 116 valence electrons. The molecule has 1 aromatic rings. The highest BCUT2D eigenvalue weighted by atomic mass is 16.5. The summed E-state index contributed by atoms with van der Waals surface area (Å²) in [5, 5.41) is 2.77. The second-order valence-electron chi connectivity index (χ2n) is 5.87. The molecule has 21 heavy (non-hydrogen) atoms. The van der Waals surface area contributed by atoms with Crippen LogP contribution in [-0.4, -0.2) is 25.0 Å². The molecule has 0 aliphatic heterocycles. The highest BCUT2D eigenvalue weighted by Crippen LogP contribution is 2.17. The molecule has 0 saturated heterocycles. The van der Waals surface area contributed by atoms with Crippen LogP contribution in [0.2, 0.25) is 0 Å². The lowest BCUT2D eigenvalue weighted by molar-refractivity contribution is -0.146. The molecule has 1 rings (SSSR count). The van der Waals surface area contributed by atoms with Gasteiger partial charge in [0.1, 0.15) is 6.04 Å². The first-order chi connectivity index (χ1) is 9.76. The summed E-state index contributed by atoms with van der Waals surface area (Å²) in [4.78, 5) is 23.9. The molecule has 1 aromatic carbocycles.